The zero-order valence-corrected chi connectivity index (χ0v) is 30.1. The molecule has 1 fully saturated rings. The van der Waals surface area contributed by atoms with Crippen LogP contribution in [0.25, 0.3) is 0 Å². The van der Waals surface area contributed by atoms with E-state index in [-0.39, 0.29) is 49.9 Å². The van der Waals surface area contributed by atoms with E-state index in [0.29, 0.717) is 16.1 Å². The van der Waals surface area contributed by atoms with Crippen LogP contribution in [-0.2, 0) is 41.9 Å². The fourth-order valence-electron chi connectivity index (χ4n) is 3.66. The lowest BCUT2D eigenvalue weighted by Gasteiger charge is -2.28. The van der Waals surface area contributed by atoms with Crippen molar-refractivity contribution in [2.45, 2.75) is 72.3 Å². The molecule has 1 aromatic rings. The van der Waals surface area contributed by atoms with Crippen molar-refractivity contribution in [2.24, 2.45) is 10.8 Å². The minimum Gasteiger partial charge on any atom is -0.384 e. The monoisotopic (exact) mass is 733 g/mol. The number of thioether (sulfide) groups is 2. The normalized spacial score (nSPS) is 23.7. The number of nitrogens with zero attached hydrogens (tertiary/aromatic N) is 1. The average Bonchev–Trinajstić information content (AvgIpc) is 3.14. The molecule has 0 aliphatic carbocycles. The number of halogens is 1. The van der Waals surface area contributed by atoms with Gasteiger partial charge < -0.3 is 28.8 Å². The summed E-state index contributed by atoms with van der Waals surface area (Å²) in [4.78, 5) is 47.5. The Hall–Kier alpha value is -1.44. The fraction of sp³-hybridized carbons (Fsp3) is 0.786. The van der Waals surface area contributed by atoms with Gasteiger partial charge in [-0.25, -0.2) is 18.5 Å². The van der Waals surface area contributed by atoms with Crippen LogP contribution < -0.4 is 11.4 Å². The van der Waals surface area contributed by atoms with Crippen LogP contribution in [0.2, 0.25) is 0 Å². The van der Waals surface area contributed by atoms with E-state index in [1.165, 1.54) is 0 Å². The summed E-state index contributed by atoms with van der Waals surface area (Å²) in [7, 11) is -4.60. The van der Waals surface area contributed by atoms with E-state index in [9.17, 15) is 34.0 Å². The molecule has 19 heteroatoms. The Kier molecular flexibility index (Phi) is 15.5. The van der Waals surface area contributed by atoms with Gasteiger partial charge in [-0.3, -0.25) is 27.7 Å². The molecule has 2 N–H and O–H groups in total. The lowest BCUT2D eigenvalue weighted by molar-refractivity contribution is -0.206. The van der Waals surface area contributed by atoms with E-state index in [0.717, 1.165) is 42.7 Å². The highest BCUT2D eigenvalue weighted by molar-refractivity contribution is 8.14. The number of phosphoric acid groups is 1. The predicted molar refractivity (Wildman–Crippen MR) is 171 cm³/mol. The summed E-state index contributed by atoms with van der Waals surface area (Å²) in [6, 6.07) is 0.824. The highest BCUT2D eigenvalue weighted by Crippen LogP contribution is 2.52. The van der Waals surface area contributed by atoms with E-state index in [4.69, 9.17) is 27.8 Å². The molecule has 2 heterocycles. The Morgan fingerprint density at radius 1 is 0.936 bits per heavy atom. The van der Waals surface area contributed by atoms with Crippen molar-refractivity contribution in [3.8, 4) is 0 Å². The third-order valence-electron chi connectivity index (χ3n) is 6.31. The number of hydrogen-bond acceptors (Lipinski definition) is 16. The topological polar surface area (TPSA) is 199 Å². The molecule has 1 aliphatic rings. The van der Waals surface area contributed by atoms with Gasteiger partial charge >= 0.3 is 19.2 Å². The van der Waals surface area contributed by atoms with Crippen molar-refractivity contribution in [1.82, 2.24) is 4.57 Å². The zero-order chi connectivity index (χ0) is 35.7. The summed E-state index contributed by atoms with van der Waals surface area (Å²) < 4.78 is 66.1. The maximum absolute atomic E-state index is 15.9. The molecule has 1 saturated heterocycles. The van der Waals surface area contributed by atoms with Gasteiger partial charge in [0, 0.05) is 34.6 Å². The number of hydrogen-bond donors (Lipinski definition) is 2. The van der Waals surface area contributed by atoms with Gasteiger partial charge in [-0.1, -0.05) is 65.1 Å². The molecule has 0 unspecified atom stereocenters. The molecule has 47 heavy (non-hydrogen) atoms. The number of alkyl halides is 1. The lowest BCUT2D eigenvalue weighted by Crippen LogP contribution is -2.49. The zero-order valence-electron chi connectivity index (χ0n) is 27.6. The maximum Gasteiger partial charge on any atom is 0.475 e. The number of aromatic nitrogens is 1. The second-order valence-electron chi connectivity index (χ2n) is 12.7. The Balaban J connectivity index is 2.00. The lowest BCUT2D eigenvalue weighted by atomic mass is 9.95. The van der Waals surface area contributed by atoms with Gasteiger partial charge in [0.25, 0.3) is 5.85 Å². The number of ether oxygens (including phenoxy) is 3. The van der Waals surface area contributed by atoms with Gasteiger partial charge in [0.2, 0.25) is 0 Å². The fourth-order valence-corrected chi connectivity index (χ4v) is 6.45. The van der Waals surface area contributed by atoms with Crippen LogP contribution in [0.5, 0.6) is 0 Å². The first kappa shape index (κ1) is 41.7. The van der Waals surface area contributed by atoms with Gasteiger partial charge in [0.15, 0.2) is 16.5 Å². The molecule has 2 rings (SSSR count). The average molecular weight is 734 g/mol. The number of phosphoric ester groups is 1. The highest BCUT2D eigenvalue weighted by Gasteiger charge is 2.64. The molecular weight excluding hydrogens is 688 g/mol. The van der Waals surface area contributed by atoms with Crippen molar-refractivity contribution in [3.05, 3.63) is 33.2 Å². The van der Waals surface area contributed by atoms with Gasteiger partial charge in [-0.15, -0.1) is 0 Å². The Morgan fingerprint density at radius 3 is 1.87 bits per heavy atom. The van der Waals surface area contributed by atoms with E-state index < -0.39 is 60.4 Å². The molecule has 15 nitrogen and oxygen atoms in total. The molecular formula is C28H45FNO14PS2. The van der Waals surface area contributed by atoms with Crippen LogP contribution in [0.3, 0.4) is 0 Å². The van der Waals surface area contributed by atoms with E-state index in [2.05, 4.69) is 4.42 Å². The quantitative estimate of drug-likeness (QED) is 0.165. The minimum absolute atomic E-state index is 0.00959. The summed E-state index contributed by atoms with van der Waals surface area (Å²) in [5, 5.41) is 21.4. The molecule has 0 saturated carbocycles. The minimum atomic E-state index is -4.60. The molecule has 0 radical (unpaired) electrons. The number of aliphatic hydroxyl groups is 2. The first-order chi connectivity index (χ1) is 21.6. The molecule has 0 spiro atoms. The van der Waals surface area contributed by atoms with E-state index in [1.807, 2.05) is 0 Å². The highest BCUT2D eigenvalue weighted by atomic mass is 32.2. The second-order valence-corrected chi connectivity index (χ2v) is 16.5. The van der Waals surface area contributed by atoms with Crippen molar-refractivity contribution >= 4 is 41.6 Å². The van der Waals surface area contributed by atoms with Crippen LogP contribution >= 0.6 is 31.3 Å². The first-order valence-electron chi connectivity index (χ1n) is 14.7. The van der Waals surface area contributed by atoms with Crippen molar-refractivity contribution in [1.29, 1.82) is 0 Å². The molecule has 1 aromatic heterocycles. The SMILES string of the molecule is CC(C)(C)C(=O)SCCOCCOP(=O)(OCCOCCSC(=O)C(C)(C)C)OC[C@@]1(F)O[C@@H](n2ccc(=O)oc2=O)[C@](C)(O)[C@@H]1O. The summed E-state index contributed by atoms with van der Waals surface area (Å²) in [5.41, 5.74) is -4.47. The summed E-state index contributed by atoms with van der Waals surface area (Å²) in [5.74, 6) is -3.80. The third-order valence-corrected chi connectivity index (χ3v) is 10.2. The van der Waals surface area contributed by atoms with Gasteiger partial charge in [-0.2, -0.15) is 0 Å². The smallest absolute Gasteiger partial charge is 0.384 e. The number of carbonyl (C=O) groups is 2. The third kappa shape index (κ3) is 12.8. The predicted octanol–water partition coefficient (Wildman–Crippen LogP) is 2.91. The Morgan fingerprint density at radius 2 is 1.43 bits per heavy atom. The first-order valence-corrected chi connectivity index (χ1v) is 18.1. The molecule has 270 valence electrons. The molecule has 0 amide bonds. The molecule has 0 bridgehead atoms. The maximum atomic E-state index is 15.9. The molecule has 4 atom stereocenters. The van der Waals surface area contributed by atoms with E-state index >= 15 is 4.39 Å². The second kappa shape index (κ2) is 17.5. The van der Waals surface area contributed by atoms with Crippen LogP contribution in [0, 0.1) is 10.8 Å². The Bertz CT molecular complexity index is 1310. The largest absolute Gasteiger partial charge is 0.475 e. The van der Waals surface area contributed by atoms with Gasteiger partial charge in [0.1, 0.15) is 18.3 Å². The number of aliphatic hydroxyl groups excluding tert-OH is 1. The summed E-state index contributed by atoms with van der Waals surface area (Å²) in [6.07, 6.45) is -3.34. The Labute approximate surface area is 280 Å². The van der Waals surface area contributed by atoms with Gasteiger partial charge in [0.05, 0.1) is 39.6 Å². The van der Waals surface area contributed by atoms with Crippen LogP contribution in [-0.4, -0.2) is 100 Å². The number of rotatable bonds is 18. The van der Waals surface area contributed by atoms with E-state index in [1.54, 1.807) is 41.5 Å². The van der Waals surface area contributed by atoms with Crippen LogP contribution in [0.1, 0.15) is 54.7 Å². The summed E-state index contributed by atoms with van der Waals surface area (Å²) in [6.45, 7) is 9.93. The number of carbonyl (C=O) groups excluding carboxylic acids is 2. The molecule has 1 aliphatic heterocycles. The standard InChI is InChI=1S/C28H45FNO14PS2/c1-25(2,3)22(33)46-16-14-38-10-12-40-45(37,41-13-11-39-15-17-47-23(34)26(4,5)6)42-18-28(29)20(32)27(7,36)21(44-28)30-9-8-19(31)43-24(30)35/h8-9,20-21,32,36H,10-18H2,1-7H3/t20-,21+,27+,28+/m0/s1. The van der Waals surface area contributed by atoms with Crippen molar-refractivity contribution in [2.75, 3.05) is 57.8 Å². The van der Waals surface area contributed by atoms with Gasteiger partial charge in [-0.05, 0) is 6.92 Å². The van der Waals surface area contributed by atoms with Crippen molar-refractivity contribution < 1.29 is 61.0 Å². The molecule has 0 aromatic carbocycles. The van der Waals surface area contributed by atoms with Crippen molar-refractivity contribution in [3.63, 3.8) is 0 Å². The summed E-state index contributed by atoms with van der Waals surface area (Å²) >= 11 is 2.21. The van der Waals surface area contributed by atoms with Crippen LogP contribution in [0.4, 0.5) is 4.39 Å². The van der Waals surface area contributed by atoms with Crippen LogP contribution in [0.15, 0.2) is 26.3 Å².